The molecule has 5 heteroatoms. The van der Waals surface area contributed by atoms with Crippen LogP contribution in [-0.2, 0) is 4.74 Å². The number of anilines is 1. The van der Waals surface area contributed by atoms with Crippen LogP contribution in [0.5, 0.6) is 5.88 Å². The van der Waals surface area contributed by atoms with Crippen LogP contribution >= 0.6 is 0 Å². The van der Waals surface area contributed by atoms with Crippen molar-refractivity contribution in [2.45, 2.75) is 26.1 Å². The summed E-state index contributed by atoms with van der Waals surface area (Å²) in [5, 5.41) is 9.28. The van der Waals surface area contributed by atoms with E-state index in [1.807, 2.05) is 0 Å². The number of rotatable bonds is 6. The molecular weight excluding hydrogens is 208 g/mol. The topological polar surface area (TPSA) is 77.6 Å². The molecule has 0 aromatic carbocycles. The third-order valence-corrected chi connectivity index (χ3v) is 1.75. The minimum absolute atomic E-state index is 0.436. The maximum absolute atomic E-state index is 9.28. The van der Waals surface area contributed by atoms with Crippen LogP contribution in [0.4, 0.5) is 5.69 Å². The first-order valence-electron chi connectivity index (χ1n) is 5.18. The summed E-state index contributed by atoms with van der Waals surface area (Å²) in [6.07, 6.45) is 2.28. The first kappa shape index (κ1) is 12.7. The predicted molar refractivity (Wildman–Crippen MR) is 61.0 cm³/mol. The van der Waals surface area contributed by atoms with E-state index in [2.05, 4.69) is 4.98 Å². The van der Waals surface area contributed by atoms with Crippen LogP contribution < -0.4 is 10.5 Å². The smallest absolute Gasteiger partial charge is 0.215 e. The highest BCUT2D eigenvalue weighted by atomic mass is 16.6. The Morgan fingerprint density at radius 1 is 1.44 bits per heavy atom. The van der Waals surface area contributed by atoms with E-state index in [0.29, 0.717) is 31.2 Å². The molecular formula is C11H18N2O3. The zero-order valence-electron chi connectivity index (χ0n) is 9.64. The summed E-state index contributed by atoms with van der Waals surface area (Å²) in [5.74, 6) is -0.585. The standard InChI is InChI=1S/C11H18N2O3/c1-11(2,14)16-7-3-6-15-10-8-9(12)4-5-13-10/h4-5,8,14H,3,6-7H2,1-2H3,(H2,12,13). The average molecular weight is 226 g/mol. The molecule has 0 saturated heterocycles. The fourth-order valence-corrected chi connectivity index (χ4v) is 1.06. The highest BCUT2D eigenvalue weighted by Crippen LogP contribution is 2.10. The Morgan fingerprint density at radius 3 is 2.81 bits per heavy atom. The zero-order valence-corrected chi connectivity index (χ0v) is 9.64. The fourth-order valence-electron chi connectivity index (χ4n) is 1.06. The van der Waals surface area contributed by atoms with Crippen LogP contribution in [0.1, 0.15) is 20.3 Å². The van der Waals surface area contributed by atoms with Crippen molar-refractivity contribution >= 4 is 5.69 Å². The Morgan fingerprint density at radius 2 is 2.19 bits per heavy atom. The van der Waals surface area contributed by atoms with E-state index < -0.39 is 5.79 Å². The van der Waals surface area contributed by atoms with E-state index in [1.165, 1.54) is 0 Å². The number of aromatic nitrogens is 1. The Labute approximate surface area is 95.2 Å². The molecule has 0 radical (unpaired) electrons. The molecule has 90 valence electrons. The van der Waals surface area contributed by atoms with Crippen molar-refractivity contribution in [2.24, 2.45) is 0 Å². The lowest BCUT2D eigenvalue weighted by Crippen LogP contribution is -2.24. The molecule has 0 atom stereocenters. The van der Waals surface area contributed by atoms with E-state index >= 15 is 0 Å². The number of nitrogens with zero attached hydrogens (tertiary/aromatic N) is 1. The molecule has 0 aliphatic rings. The third-order valence-electron chi connectivity index (χ3n) is 1.75. The molecule has 16 heavy (non-hydrogen) atoms. The second-order valence-electron chi connectivity index (χ2n) is 3.92. The summed E-state index contributed by atoms with van der Waals surface area (Å²) in [5.41, 5.74) is 6.19. The van der Waals surface area contributed by atoms with Gasteiger partial charge in [-0.1, -0.05) is 0 Å². The highest BCUT2D eigenvalue weighted by molar-refractivity contribution is 5.39. The molecule has 1 aromatic heterocycles. The second-order valence-corrected chi connectivity index (χ2v) is 3.92. The lowest BCUT2D eigenvalue weighted by atomic mass is 10.4. The van der Waals surface area contributed by atoms with Crippen LogP contribution in [0.3, 0.4) is 0 Å². The monoisotopic (exact) mass is 226 g/mol. The third kappa shape index (κ3) is 5.53. The van der Waals surface area contributed by atoms with Gasteiger partial charge in [0, 0.05) is 24.4 Å². The number of pyridine rings is 1. The number of nitrogens with two attached hydrogens (primary N) is 1. The van der Waals surface area contributed by atoms with Gasteiger partial charge >= 0.3 is 0 Å². The van der Waals surface area contributed by atoms with Crippen molar-refractivity contribution in [1.29, 1.82) is 0 Å². The molecule has 0 amide bonds. The highest BCUT2D eigenvalue weighted by Gasteiger charge is 2.11. The molecule has 1 aromatic rings. The van der Waals surface area contributed by atoms with Gasteiger partial charge in [-0.3, -0.25) is 0 Å². The SMILES string of the molecule is CC(C)(O)OCCCOc1cc(N)ccn1. The van der Waals surface area contributed by atoms with Crippen molar-refractivity contribution in [3.05, 3.63) is 18.3 Å². The van der Waals surface area contributed by atoms with Crippen molar-refractivity contribution in [3.8, 4) is 5.88 Å². The summed E-state index contributed by atoms with van der Waals surface area (Å²) in [7, 11) is 0. The van der Waals surface area contributed by atoms with Gasteiger partial charge in [-0.15, -0.1) is 0 Å². The summed E-state index contributed by atoms with van der Waals surface area (Å²) < 4.78 is 10.5. The van der Waals surface area contributed by atoms with Gasteiger partial charge in [-0.25, -0.2) is 4.98 Å². The molecule has 5 nitrogen and oxygen atoms in total. The average Bonchev–Trinajstić information content (AvgIpc) is 2.15. The molecule has 0 aliphatic heterocycles. The van der Waals surface area contributed by atoms with E-state index in [-0.39, 0.29) is 0 Å². The molecule has 1 heterocycles. The first-order valence-corrected chi connectivity index (χ1v) is 5.18. The van der Waals surface area contributed by atoms with Gasteiger partial charge in [-0.2, -0.15) is 0 Å². The molecule has 0 fully saturated rings. The number of hydrogen-bond acceptors (Lipinski definition) is 5. The summed E-state index contributed by atoms with van der Waals surface area (Å²) in [6, 6.07) is 3.36. The van der Waals surface area contributed by atoms with E-state index in [4.69, 9.17) is 15.2 Å². The molecule has 0 saturated carbocycles. The van der Waals surface area contributed by atoms with Crippen molar-refractivity contribution in [2.75, 3.05) is 18.9 Å². The molecule has 0 aliphatic carbocycles. The molecule has 3 N–H and O–H groups in total. The van der Waals surface area contributed by atoms with Crippen LogP contribution in [0.25, 0.3) is 0 Å². The largest absolute Gasteiger partial charge is 0.478 e. The van der Waals surface area contributed by atoms with Crippen LogP contribution in [0.2, 0.25) is 0 Å². The predicted octanol–water partition coefficient (Wildman–Crippen LogP) is 1.18. The normalized spacial score (nSPS) is 11.4. The van der Waals surface area contributed by atoms with Gasteiger partial charge in [-0.05, 0) is 19.9 Å². The summed E-state index contributed by atoms with van der Waals surface area (Å²) in [6.45, 7) is 4.10. The van der Waals surface area contributed by atoms with Gasteiger partial charge in [0.1, 0.15) is 0 Å². The minimum Gasteiger partial charge on any atom is -0.478 e. The Balaban J connectivity index is 2.17. The maximum Gasteiger partial charge on any atom is 0.215 e. The number of ether oxygens (including phenoxy) is 2. The van der Waals surface area contributed by atoms with Crippen LogP contribution in [0.15, 0.2) is 18.3 Å². The van der Waals surface area contributed by atoms with Gasteiger partial charge in [0.15, 0.2) is 5.79 Å². The number of hydrogen-bond donors (Lipinski definition) is 2. The second kappa shape index (κ2) is 5.67. The first-order chi connectivity index (χ1) is 7.47. The van der Waals surface area contributed by atoms with Crippen molar-refractivity contribution in [1.82, 2.24) is 4.98 Å². The molecule has 0 spiro atoms. The van der Waals surface area contributed by atoms with E-state index in [1.54, 1.807) is 32.2 Å². The van der Waals surface area contributed by atoms with Crippen molar-refractivity contribution < 1.29 is 14.6 Å². The fraction of sp³-hybridized carbons (Fsp3) is 0.545. The summed E-state index contributed by atoms with van der Waals surface area (Å²) in [4.78, 5) is 3.99. The minimum atomic E-state index is -1.09. The molecule has 0 bridgehead atoms. The molecule has 1 rings (SSSR count). The number of nitrogen functional groups attached to an aromatic ring is 1. The molecule has 0 unspecified atom stereocenters. The van der Waals surface area contributed by atoms with Crippen LogP contribution in [0, 0.1) is 0 Å². The van der Waals surface area contributed by atoms with Gasteiger partial charge in [0.2, 0.25) is 5.88 Å². The Hall–Kier alpha value is -1.33. The summed E-state index contributed by atoms with van der Waals surface area (Å²) >= 11 is 0. The van der Waals surface area contributed by atoms with Crippen molar-refractivity contribution in [3.63, 3.8) is 0 Å². The zero-order chi connectivity index (χ0) is 12.0. The van der Waals surface area contributed by atoms with E-state index in [9.17, 15) is 5.11 Å². The van der Waals surface area contributed by atoms with Crippen LogP contribution in [-0.4, -0.2) is 29.1 Å². The lowest BCUT2D eigenvalue weighted by molar-refractivity contribution is -0.176. The van der Waals surface area contributed by atoms with E-state index in [0.717, 1.165) is 0 Å². The van der Waals surface area contributed by atoms with Gasteiger partial charge in [0.25, 0.3) is 0 Å². The van der Waals surface area contributed by atoms with Gasteiger partial charge < -0.3 is 20.3 Å². The maximum atomic E-state index is 9.28. The van der Waals surface area contributed by atoms with Gasteiger partial charge in [0.05, 0.1) is 13.2 Å². The Bertz CT molecular complexity index is 323. The number of aliphatic hydroxyl groups is 1. The lowest BCUT2D eigenvalue weighted by Gasteiger charge is -2.17. The quantitative estimate of drug-likeness (QED) is 0.562. The Kier molecular flexibility index (Phi) is 4.52.